The molecule has 5 rings (SSSR count). The molecule has 9 atom stereocenters. The summed E-state index contributed by atoms with van der Waals surface area (Å²) < 4.78 is 0. The highest BCUT2D eigenvalue weighted by molar-refractivity contribution is 5.84. The van der Waals surface area contributed by atoms with Gasteiger partial charge in [0.2, 0.25) is 5.91 Å². The zero-order valence-electron chi connectivity index (χ0n) is 27.9. The summed E-state index contributed by atoms with van der Waals surface area (Å²) in [6, 6.07) is 0. The van der Waals surface area contributed by atoms with Gasteiger partial charge in [0.05, 0.1) is 5.41 Å². The quantitative estimate of drug-likeness (QED) is 0.316. The fourth-order valence-electron chi connectivity index (χ4n) is 11.2. The van der Waals surface area contributed by atoms with E-state index in [0.717, 1.165) is 74.7 Å². The van der Waals surface area contributed by atoms with E-state index >= 15 is 0 Å². The maximum absolute atomic E-state index is 14.2. The predicted octanol–water partition coefficient (Wildman–Crippen LogP) is 9.08. The summed E-state index contributed by atoms with van der Waals surface area (Å²) in [6.45, 7) is 28.2. The van der Waals surface area contributed by atoms with Gasteiger partial charge in [0.1, 0.15) is 0 Å². The molecule has 4 unspecified atom stereocenters. The number of carbonyl (C=O) groups excluding carboxylic acids is 1. The van der Waals surface area contributed by atoms with Gasteiger partial charge in [-0.2, -0.15) is 0 Å². The van der Waals surface area contributed by atoms with Crippen LogP contribution in [0.2, 0.25) is 0 Å². The summed E-state index contributed by atoms with van der Waals surface area (Å²) in [5.74, 6) is 6.18. The predicted molar refractivity (Wildman–Crippen MR) is 171 cm³/mol. The molecule has 0 bridgehead atoms. The van der Waals surface area contributed by atoms with Crippen molar-refractivity contribution < 1.29 is 4.79 Å². The van der Waals surface area contributed by atoms with Crippen molar-refractivity contribution in [2.24, 2.45) is 57.7 Å². The van der Waals surface area contributed by atoms with Gasteiger partial charge < -0.3 is 9.80 Å². The van der Waals surface area contributed by atoms with Crippen molar-refractivity contribution in [3.05, 3.63) is 12.7 Å². The lowest BCUT2D eigenvalue weighted by Crippen LogP contribution is -2.56. The molecule has 0 aromatic carbocycles. The summed E-state index contributed by atoms with van der Waals surface area (Å²) in [7, 11) is 0. The van der Waals surface area contributed by atoms with Crippen LogP contribution in [0.3, 0.4) is 0 Å². The molecule has 40 heavy (non-hydrogen) atoms. The molecule has 3 heteroatoms. The smallest absolute Gasteiger partial charge is 0.229 e. The number of piperazine rings is 1. The van der Waals surface area contributed by atoms with Gasteiger partial charge in [-0.3, -0.25) is 4.79 Å². The number of nitrogens with zero attached hydrogens (tertiary/aromatic N) is 2. The van der Waals surface area contributed by atoms with E-state index in [-0.39, 0.29) is 5.41 Å². The third kappa shape index (κ3) is 5.72. The Kier molecular flexibility index (Phi) is 10.3. The lowest BCUT2D eigenvalue weighted by atomic mass is 9.44. The molecule has 0 N–H and O–H groups in total. The highest BCUT2D eigenvalue weighted by Crippen LogP contribution is 2.64. The van der Waals surface area contributed by atoms with Crippen molar-refractivity contribution in [3.63, 3.8) is 0 Å². The van der Waals surface area contributed by atoms with E-state index in [1.165, 1.54) is 64.2 Å². The Labute approximate surface area is 249 Å². The minimum atomic E-state index is -0.0293. The Morgan fingerprint density at radius 2 is 1.55 bits per heavy atom. The maximum Gasteiger partial charge on any atom is 0.229 e. The van der Waals surface area contributed by atoms with E-state index in [1.54, 1.807) is 6.08 Å². The molecule has 4 aliphatic carbocycles. The molecule has 0 aromatic rings. The van der Waals surface area contributed by atoms with Crippen molar-refractivity contribution in [2.45, 2.75) is 126 Å². The van der Waals surface area contributed by atoms with Crippen LogP contribution in [-0.4, -0.2) is 48.4 Å². The van der Waals surface area contributed by atoms with Gasteiger partial charge in [-0.25, -0.2) is 0 Å². The molecule has 4 saturated carbocycles. The molecule has 5 fully saturated rings. The highest BCUT2D eigenvalue weighted by Gasteiger charge is 2.58. The lowest BCUT2D eigenvalue weighted by molar-refractivity contribution is -0.152. The minimum absolute atomic E-state index is 0.0293. The molecule has 5 aliphatic rings. The van der Waals surface area contributed by atoms with E-state index in [0.29, 0.717) is 22.7 Å². The van der Waals surface area contributed by atoms with Gasteiger partial charge in [-0.1, -0.05) is 67.4 Å². The number of carbonyl (C=O) groups is 1. The van der Waals surface area contributed by atoms with Crippen LogP contribution in [0, 0.1) is 57.7 Å². The number of likely N-dealkylation sites (N-methyl/N-ethyl adjacent to an activating group) is 1. The average Bonchev–Trinajstić information content (AvgIpc) is 3.37. The summed E-state index contributed by atoms with van der Waals surface area (Å²) >= 11 is 0. The summed E-state index contributed by atoms with van der Waals surface area (Å²) in [4.78, 5) is 19.0. The first-order valence-electron chi connectivity index (χ1n) is 17.5. The SMILES string of the molecule is C=CC.CCN1CCN(C(=O)[C@]23CCCC2[C@@H](CCC2[C@@H](C)CCC4C(C)(C)[C@@H](C)CC[C@]24C)C(C)CC3)CC1. The van der Waals surface area contributed by atoms with Crippen LogP contribution < -0.4 is 0 Å². The summed E-state index contributed by atoms with van der Waals surface area (Å²) in [5, 5.41) is 0. The van der Waals surface area contributed by atoms with Crippen molar-refractivity contribution in [2.75, 3.05) is 32.7 Å². The molecule has 230 valence electrons. The van der Waals surface area contributed by atoms with Crippen molar-refractivity contribution in [1.82, 2.24) is 9.80 Å². The first kappa shape index (κ1) is 32.1. The van der Waals surface area contributed by atoms with Crippen LogP contribution in [-0.2, 0) is 4.79 Å². The van der Waals surface area contributed by atoms with Crippen LogP contribution >= 0.6 is 0 Å². The van der Waals surface area contributed by atoms with Crippen LogP contribution in [0.5, 0.6) is 0 Å². The standard InChI is InChI=1S/C34H60N2O.C3H6/c1-8-35-20-22-36(23-21-35)31(37)34-17-9-10-29(34)27(24(2)15-19-34)12-13-28-25(3)11-14-30-32(5,6)26(4)16-18-33(28,30)7;1-3-2/h24-30H,8-23H2,1-7H3;3H,1H2,2H3/t24?,25-,26-,27-,28?,29?,30?,33+,34-;/m0./s1. The zero-order chi connectivity index (χ0) is 29.3. The van der Waals surface area contributed by atoms with Gasteiger partial charge in [0, 0.05) is 26.2 Å². The average molecular weight is 555 g/mol. The monoisotopic (exact) mass is 555 g/mol. The maximum atomic E-state index is 14.2. The largest absolute Gasteiger partial charge is 0.340 e. The Hall–Kier alpha value is -0.830. The molecule has 3 nitrogen and oxygen atoms in total. The fourth-order valence-corrected chi connectivity index (χ4v) is 11.2. The van der Waals surface area contributed by atoms with E-state index in [4.69, 9.17) is 0 Å². The number of rotatable bonds is 5. The highest BCUT2D eigenvalue weighted by atomic mass is 16.2. The summed E-state index contributed by atoms with van der Waals surface area (Å²) in [6.07, 6.45) is 16.4. The number of hydrogen-bond donors (Lipinski definition) is 0. The number of fused-ring (bicyclic) bond motifs is 2. The first-order valence-corrected chi connectivity index (χ1v) is 17.5. The Bertz CT molecular complexity index is 858. The van der Waals surface area contributed by atoms with E-state index in [9.17, 15) is 4.79 Å². The molecule has 0 aromatic heterocycles. The third-order valence-corrected chi connectivity index (χ3v) is 14.0. The Morgan fingerprint density at radius 1 is 0.875 bits per heavy atom. The zero-order valence-corrected chi connectivity index (χ0v) is 27.9. The molecule has 1 aliphatic heterocycles. The van der Waals surface area contributed by atoms with Crippen LogP contribution in [0.4, 0.5) is 0 Å². The number of allylic oxidation sites excluding steroid dienone is 1. The Balaban J connectivity index is 0.00000118. The number of hydrogen-bond acceptors (Lipinski definition) is 2. The summed E-state index contributed by atoms with van der Waals surface area (Å²) in [5.41, 5.74) is 0.948. The second-order valence-electron chi connectivity index (χ2n) is 16.0. The van der Waals surface area contributed by atoms with E-state index < -0.39 is 0 Å². The lowest BCUT2D eigenvalue weighted by Gasteiger charge is -2.61. The molecule has 1 amide bonds. The minimum Gasteiger partial charge on any atom is -0.340 e. The van der Waals surface area contributed by atoms with Crippen LogP contribution in [0.25, 0.3) is 0 Å². The second kappa shape index (κ2) is 12.8. The van der Waals surface area contributed by atoms with Gasteiger partial charge in [-0.05, 0) is 124 Å². The van der Waals surface area contributed by atoms with Gasteiger partial charge in [-0.15, -0.1) is 6.58 Å². The molecule has 0 spiro atoms. The van der Waals surface area contributed by atoms with E-state index in [1.807, 2.05) is 6.92 Å². The number of amides is 1. The van der Waals surface area contributed by atoms with Crippen molar-refractivity contribution in [1.29, 1.82) is 0 Å². The van der Waals surface area contributed by atoms with Gasteiger partial charge in [0.25, 0.3) is 0 Å². The topological polar surface area (TPSA) is 23.6 Å². The third-order valence-electron chi connectivity index (χ3n) is 14.0. The Morgan fingerprint density at radius 3 is 2.20 bits per heavy atom. The normalized spacial score (nSPS) is 43.2. The van der Waals surface area contributed by atoms with Crippen molar-refractivity contribution in [3.8, 4) is 0 Å². The molecule has 1 saturated heterocycles. The molecular weight excluding hydrogens is 488 g/mol. The first-order chi connectivity index (χ1) is 19.0. The van der Waals surface area contributed by atoms with Crippen LogP contribution in [0.15, 0.2) is 12.7 Å². The van der Waals surface area contributed by atoms with E-state index in [2.05, 4.69) is 64.8 Å². The fraction of sp³-hybridized carbons (Fsp3) is 0.919. The van der Waals surface area contributed by atoms with Crippen LogP contribution in [0.1, 0.15) is 126 Å². The second-order valence-corrected chi connectivity index (χ2v) is 16.0. The molecule has 0 radical (unpaired) electrons. The van der Waals surface area contributed by atoms with Gasteiger partial charge >= 0.3 is 0 Å². The molecule has 1 heterocycles. The van der Waals surface area contributed by atoms with Gasteiger partial charge in [0.15, 0.2) is 0 Å². The molecular formula is C37H66N2O. The van der Waals surface area contributed by atoms with Crippen molar-refractivity contribution >= 4 is 5.91 Å².